The first kappa shape index (κ1) is 12.1. The molecule has 2 unspecified atom stereocenters. The fourth-order valence-corrected chi connectivity index (χ4v) is 1.61. The van der Waals surface area contributed by atoms with Gasteiger partial charge in [0.2, 0.25) is 0 Å². The average Bonchev–Trinajstić information content (AvgIpc) is 2.28. The zero-order valence-corrected chi connectivity index (χ0v) is 9.40. The van der Waals surface area contributed by atoms with Gasteiger partial charge in [0.25, 0.3) is 0 Å². The minimum absolute atomic E-state index is 0.0791. The number of ether oxygens (including phenoxy) is 1. The van der Waals surface area contributed by atoms with Crippen LogP contribution >= 0.6 is 0 Å². The number of carbonyl (C=O) groups excluding carboxylic acids is 1. The molecule has 84 valence electrons. The average molecular weight is 209 g/mol. The molecule has 1 aliphatic carbocycles. The molecule has 1 aliphatic rings. The van der Waals surface area contributed by atoms with E-state index in [0.29, 0.717) is 0 Å². The fraction of sp³-hybridized carbons (Fsp3) is 0.583. The van der Waals surface area contributed by atoms with Crippen LogP contribution in [0.15, 0.2) is 23.8 Å². The molecule has 3 heteroatoms. The molecule has 15 heavy (non-hydrogen) atoms. The normalized spacial score (nSPS) is 22.3. The van der Waals surface area contributed by atoms with Gasteiger partial charge in [-0.3, -0.25) is 0 Å². The summed E-state index contributed by atoms with van der Waals surface area (Å²) in [6.07, 6.45) is 9.10. The molecule has 0 saturated heterocycles. The molecule has 0 amide bonds. The lowest BCUT2D eigenvalue weighted by atomic mass is 9.99. The molecule has 0 aliphatic heterocycles. The van der Waals surface area contributed by atoms with Crippen molar-refractivity contribution in [2.75, 3.05) is 13.7 Å². The third-order valence-electron chi connectivity index (χ3n) is 2.51. The summed E-state index contributed by atoms with van der Waals surface area (Å²) in [5.74, 6) is 0. The van der Waals surface area contributed by atoms with Crippen LogP contribution in [0.2, 0.25) is 0 Å². The van der Waals surface area contributed by atoms with Crippen LogP contribution in [0.1, 0.15) is 19.8 Å². The molecule has 0 saturated carbocycles. The molecule has 2 atom stereocenters. The van der Waals surface area contributed by atoms with Crippen molar-refractivity contribution in [1.82, 2.24) is 5.32 Å². The van der Waals surface area contributed by atoms with Gasteiger partial charge >= 0.3 is 0 Å². The fourth-order valence-electron chi connectivity index (χ4n) is 1.61. The number of hydrogen-bond donors (Lipinski definition) is 1. The van der Waals surface area contributed by atoms with Crippen LogP contribution in [-0.4, -0.2) is 32.1 Å². The number of nitrogens with one attached hydrogen (secondary N) is 1. The van der Waals surface area contributed by atoms with Crippen LogP contribution in [0.5, 0.6) is 0 Å². The first-order valence-corrected chi connectivity index (χ1v) is 5.41. The van der Waals surface area contributed by atoms with Gasteiger partial charge in [0.05, 0.1) is 12.1 Å². The largest absolute Gasteiger partial charge is 0.374 e. The topological polar surface area (TPSA) is 38.3 Å². The summed E-state index contributed by atoms with van der Waals surface area (Å²) in [6, 6.07) is -0.0791. The molecule has 0 spiro atoms. The van der Waals surface area contributed by atoms with E-state index in [1.54, 1.807) is 7.05 Å². The van der Waals surface area contributed by atoms with E-state index in [1.165, 1.54) is 5.57 Å². The van der Waals surface area contributed by atoms with Crippen LogP contribution < -0.4 is 5.32 Å². The molecule has 3 nitrogen and oxygen atoms in total. The minimum Gasteiger partial charge on any atom is -0.374 e. The molecule has 0 aromatic rings. The Kier molecular flexibility index (Phi) is 5.29. The molecule has 0 bridgehead atoms. The second-order valence-corrected chi connectivity index (χ2v) is 3.60. The Morgan fingerprint density at radius 2 is 2.53 bits per heavy atom. The highest BCUT2D eigenvalue weighted by molar-refractivity contribution is 5.58. The van der Waals surface area contributed by atoms with Gasteiger partial charge in [-0.1, -0.05) is 23.8 Å². The summed E-state index contributed by atoms with van der Waals surface area (Å²) >= 11 is 0. The zero-order valence-electron chi connectivity index (χ0n) is 9.40. The van der Waals surface area contributed by atoms with Crippen molar-refractivity contribution in [3.8, 4) is 0 Å². The third kappa shape index (κ3) is 3.98. The summed E-state index contributed by atoms with van der Waals surface area (Å²) in [5, 5.41) is 2.96. The van der Waals surface area contributed by atoms with Gasteiger partial charge < -0.3 is 14.8 Å². The maximum Gasteiger partial charge on any atom is 0.137 e. The lowest BCUT2D eigenvalue weighted by Crippen LogP contribution is -2.27. The zero-order chi connectivity index (χ0) is 11.1. The van der Waals surface area contributed by atoms with Crippen molar-refractivity contribution in [1.29, 1.82) is 0 Å². The van der Waals surface area contributed by atoms with E-state index in [1.807, 2.05) is 6.92 Å². The molecule has 0 aromatic carbocycles. The second-order valence-electron chi connectivity index (χ2n) is 3.60. The van der Waals surface area contributed by atoms with Crippen molar-refractivity contribution in [2.45, 2.75) is 31.9 Å². The number of allylic oxidation sites excluding steroid dienone is 1. The lowest BCUT2D eigenvalue weighted by Gasteiger charge is -2.17. The Labute approximate surface area is 91.2 Å². The summed E-state index contributed by atoms with van der Waals surface area (Å²) in [7, 11) is 1.80. The molecule has 0 radical (unpaired) electrons. The molecule has 0 aromatic heterocycles. The number of aldehydes is 1. The molecule has 0 fully saturated rings. The maximum absolute atomic E-state index is 10.6. The molecular weight excluding hydrogens is 190 g/mol. The van der Waals surface area contributed by atoms with Crippen molar-refractivity contribution < 1.29 is 9.53 Å². The Balaban J connectivity index is 2.41. The predicted molar refractivity (Wildman–Crippen MR) is 60.8 cm³/mol. The van der Waals surface area contributed by atoms with Gasteiger partial charge in [0.1, 0.15) is 6.29 Å². The highest BCUT2D eigenvalue weighted by Gasteiger charge is 2.11. The SMILES string of the molecule is CCOC1C=CC(CC(C=O)NC)=CC1. The Morgan fingerprint density at radius 1 is 1.73 bits per heavy atom. The Bertz CT molecular complexity index is 258. The lowest BCUT2D eigenvalue weighted by molar-refractivity contribution is -0.109. The van der Waals surface area contributed by atoms with Gasteiger partial charge in [-0.05, 0) is 26.8 Å². The quantitative estimate of drug-likeness (QED) is 0.673. The minimum atomic E-state index is -0.0791. The van der Waals surface area contributed by atoms with Crippen LogP contribution in [0.3, 0.4) is 0 Å². The van der Waals surface area contributed by atoms with Crippen molar-refractivity contribution >= 4 is 6.29 Å². The Morgan fingerprint density at radius 3 is 3.00 bits per heavy atom. The molecular formula is C12H19NO2. The maximum atomic E-state index is 10.6. The Hall–Kier alpha value is -0.930. The first-order valence-electron chi connectivity index (χ1n) is 5.41. The number of likely N-dealkylation sites (N-methyl/N-ethyl adjacent to an activating group) is 1. The summed E-state index contributed by atoms with van der Waals surface area (Å²) in [5.41, 5.74) is 1.21. The van der Waals surface area contributed by atoms with E-state index in [2.05, 4.69) is 23.5 Å². The van der Waals surface area contributed by atoms with Crippen molar-refractivity contribution in [2.24, 2.45) is 0 Å². The third-order valence-corrected chi connectivity index (χ3v) is 2.51. The van der Waals surface area contributed by atoms with E-state index >= 15 is 0 Å². The highest BCUT2D eigenvalue weighted by Crippen LogP contribution is 2.16. The molecule has 1 N–H and O–H groups in total. The van der Waals surface area contributed by atoms with E-state index in [9.17, 15) is 4.79 Å². The van der Waals surface area contributed by atoms with Crippen LogP contribution in [-0.2, 0) is 9.53 Å². The van der Waals surface area contributed by atoms with Gasteiger partial charge in [-0.15, -0.1) is 0 Å². The first-order chi connectivity index (χ1) is 7.30. The number of rotatable bonds is 6. The summed E-state index contributed by atoms with van der Waals surface area (Å²) < 4.78 is 5.47. The predicted octanol–water partition coefficient (Wildman–Crippen LogP) is 1.45. The summed E-state index contributed by atoms with van der Waals surface area (Å²) in [4.78, 5) is 10.6. The summed E-state index contributed by atoms with van der Waals surface area (Å²) in [6.45, 7) is 2.74. The number of hydrogen-bond acceptors (Lipinski definition) is 3. The highest BCUT2D eigenvalue weighted by atomic mass is 16.5. The molecule has 1 rings (SSSR count). The van der Waals surface area contributed by atoms with Crippen LogP contribution in [0.4, 0.5) is 0 Å². The van der Waals surface area contributed by atoms with Gasteiger partial charge in [-0.25, -0.2) is 0 Å². The van der Waals surface area contributed by atoms with E-state index in [4.69, 9.17) is 4.74 Å². The van der Waals surface area contributed by atoms with E-state index < -0.39 is 0 Å². The second kappa shape index (κ2) is 6.53. The van der Waals surface area contributed by atoms with Crippen LogP contribution in [0, 0.1) is 0 Å². The van der Waals surface area contributed by atoms with Crippen molar-refractivity contribution in [3.05, 3.63) is 23.8 Å². The smallest absolute Gasteiger partial charge is 0.137 e. The molecule has 0 heterocycles. The standard InChI is InChI=1S/C12H19NO2/c1-3-15-12-6-4-10(5-7-12)8-11(9-14)13-2/h4-6,9,11-13H,3,7-8H2,1-2H3. The van der Waals surface area contributed by atoms with E-state index in [0.717, 1.165) is 25.7 Å². The van der Waals surface area contributed by atoms with Crippen molar-refractivity contribution in [3.63, 3.8) is 0 Å². The van der Waals surface area contributed by atoms with Gasteiger partial charge in [-0.2, -0.15) is 0 Å². The van der Waals surface area contributed by atoms with E-state index in [-0.39, 0.29) is 12.1 Å². The van der Waals surface area contributed by atoms with Crippen LogP contribution in [0.25, 0.3) is 0 Å². The van der Waals surface area contributed by atoms with Gasteiger partial charge in [0, 0.05) is 6.61 Å². The number of carbonyl (C=O) groups is 1. The monoisotopic (exact) mass is 209 g/mol. The van der Waals surface area contributed by atoms with Gasteiger partial charge in [0.15, 0.2) is 0 Å².